The van der Waals surface area contributed by atoms with Crippen molar-refractivity contribution in [3.05, 3.63) is 0 Å². The van der Waals surface area contributed by atoms with Crippen LogP contribution in [0, 0.1) is 0 Å². The Balaban J connectivity index is 1.20. The number of aliphatic hydroxyl groups is 18. The maximum Gasteiger partial charge on any atom is 0.364 e. The van der Waals surface area contributed by atoms with Crippen LogP contribution in [0.2, 0.25) is 0 Å². The second-order valence-corrected chi connectivity index (χ2v) is 19.7. The third kappa shape index (κ3) is 13.7. The molecule has 6 aliphatic heterocycles. The van der Waals surface area contributed by atoms with Gasteiger partial charge in [-0.15, -0.1) is 0 Å². The number of aliphatic hydroxyl groups excluding tert-OH is 18. The predicted molar refractivity (Wildman–Crippen MR) is 238 cm³/mol. The molecule has 78 heavy (non-hydrogen) atoms. The molecule has 6 fully saturated rings. The Morgan fingerprint density at radius 2 is 1.04 bits per heavy atom. The molecule has 452 valence electrons. The Morgan fingerprint density at radius 3 is 1.62 bits per heavy atom. The maximum atomic E-state index is 12.8. The number of carboxylic acid groups (broad SMARTS) is 1. The lowest BCUT2D eigenvalue weighted by Gasteiger charge is -2.50. The molecule has 0 bridgehead atoms. The smallest absolute Gasteiger partial charge is 0.364 e. The van der Waals surface area contributed by atoms with E-state index in [1.807, 2.05) is 0 Å². The van der Waals surface area contributed by atoms with Gasteiger partial charge < -0.3 is 160 Å². The summed E-state index contributed by atoms with van der Waals surface area (Å²) >= 11 is 0. The van der Waals surface area contributed by atoms with Crippen molar-refractivity contribution in [1.29, 1.82) is 0 Å². The van der Waals surface area contributed by atoms with E-state index in [1.54, 1.807) is 0 Å². The minimum Gasteiger partial charge on any atom is -0.477 e. The summed E-state index contributed by atoms with van der Waals surface area (Å²) in [5.41, 5.74) is 0. The quantitative estimate of drug-likeness (QED) is 0.0538. The van der Waals surface area contributed by atoms with E-state index in [0.717, 1.165) is 13.8 Å². The van der Waals surface area contributed by atoms with Crippen molar-refractivity contribution in [3.63, 3.8) is 0 Å². The van der Waals surface area contributed by atoms with E-state index in [-0.39, 0.29) is 0 Å². The zero-order chi connectivity index (χ0) is 58.0. The van der Waals surface area contributed by atoms with Crippen LogP contribution in [-0.4, -0.2) is 338 Å². The molecule has 0 spiro atoms. The molecule has 35 heteroatoms. The highest BCUT2D eigenvalue weighted by Gasteiger charge is 2.59. The number of amides is 2. The first-order chi connectivity index (χ1) is 36.6. The van der Waals surface area contributed by atoms with Crippen LogP contribution in [0.5, 0.6) is 0 Å². The van der Waals surface area contributed by atoms with Crippen molar-refractivity contribution in [3.8, 4) is 0 Å². The van der Waals surface area contributed by atoms with Crippen LogP contribution in [0.25, 0.3) is 0 Å². The molecule has 0 aliphatic carbocycles. The highest BCUT2D eigenvalue weighted by Crippen LogP contribution is 2.38. The first kappa shape index (κ1) is 64.4. The van der Waals surface area contributed by atoms with Gasteiger partial charge in [0, 0.05) is 20.3 Å². The SMILES string of the molecule is CC(=O)N[C@H]1[C@H](O[C@H]2[C@@H](O)[C@@H](CO)O[C@@H](O[C@H]3[C@H](O[C@@H]4O[C@@H](C)[C@@H](O)[C@@H](O)[C@@H]4O)[C@@H](O)[C@H](O)O[C@@H]3CO)[C@@H]2O)O[C@H](CO)[C@@H](O[C@@H]2O[C@H](CO[C@@]3(C(=O)O)C[C@H](O)[C@@H](NC(C)=O)[C@H]([C@H](O)[C@H](O)CO)O3)[C@H](O)[C@H](O)[C@H]2O)[C@@H]1O. The summed E-state index contributed by atoms with van der Waals surface area (Å²) in [4.78, 5) is 37.4. The lowest BCUT2D eigenvalue weighted by atomic mass is 9.88. The molecule has 31 atom stereocenters. The van der Waals surface area contributed by atoms with Crippen molar-refractivity contribution in [2.45, 2.75) is 217 Å². The molecular weight excluding hydrogens is 1070 g/mol. The Hall–Kier alpha value is -2.75. The Labute approximate surface area is 441 Å². The van der Waals surface area contributed by atoms with E-state index in [1.165, 1.54) is 6.92 Å². The first-order valence-electron chi connectivity index (χ1n) is 24.6. The predicted octanol–water partition coefficient (Wildman–Crippen LogP) is -13.6. The standard InChI is InChI=1S/C43H72N2O33/c1-10-21(54)26(59)28(61)39(69-10)77-36-30(63)37(65)70-17(8-49)33(36)75-41-31(64)35(24(57)15(6-47)71-41)76-38-20(45-12(3)51)25(58)32(16(7-48)72-38)74-40-29(62)27(60)23(56)18(73-40)9-68-43(42(66)67)4-13(52)19(44-11(2)50)34(78-43)22(55)14(53)5-46/h10,13-41,46-49,52-65H,4-9H2,1-3H3,(H,44,50)(H,45,51)(H,66,67)/t10-,13-,14+,15+,16+,17+,18+,19+,20+,21+,22+,23-,24-,25+,26+,27-,28-,29+,30+,31+,32+,33+,34+,35-,36+,37+,38-,39-,40-,41-,43-/m0/s1. The zero-order valence-electron chi connectivity index (χ0n) is 41.8. The summed E-state index contributed by atoms with van der Waals surface area (Å²) < 4.78 is 62.5. The van der Waals surface area contributed by atoms with Crippen LogP contribution in [0.1, 0.15) is 27.2 Å². The van der Waals surface area contributed by atoms with Crippen molar-refractivity contribution < 1.29 is 164 Å². The number of carbonyl (C=O) groups excluding carboxylic acids is 2. The number of carboxylic acids is 1. The first-order valence-corrected chi connectivity index (χ1v) is 24.6. The van der Waals surface area contributed by atoms with E-state index >= 15 is 0 Å². The third-order valence-corrected chi connectivity index (χ3v) is 14.2. The molecule has 21 N–H and O–H groups in total. The molecule has 0 radical (unpaired) electrons. The largest absolute Gasteiger partial charge is 0.477 e. The van der Waals surface area contributed by atoms with Gasteiger partial charge in [-0.1, -0.05) is 0 Å². The van der Waals surface area contributed by atoms with Crippen LogP contribution in [0.15, 0.2) is 0 Å². The summed E-state index contributed by atoms with van der Waals surface area (Å²) in [5, 5.41) is 208. The fourth-order valence-electron chi connectivity index (χ4n) is 9.85. The number of carbonyl (C=O) groups is 3. The van der Waals surface area contributed by atoms with Crippen LogP contribution >= 0.6 is 0 Å². The van der Waals surface area contributed by atoms with Gasteiger partial charge in [0.15, 0.2) is 31.5 Å². The van der Waals surface area contributed by atoms with Gasteiger partial charge in [-0.05, 0) is 6.92 Å². The minimum atomic E-state index is -2.99. The zero-order valence-corrected chi connectivity index (χ0v) is 41.8. The number of ether oxygens (including phenoxy) is 11. The summed E-state index contributed by atoms with van der Waals surface area (Å²) in [6, 6.07) is -3.45. The van der Waals surface area contributed by atoms with Gasteiger partial charge in [-0.25, -0.2) is 4.79 Å². The monoisotopic (exact) mass is 1140 g/mol. The number of nitrogens with one attached hydrogen (secondary N) is 2. The van der Waals surface area contributed by atoms with Crippen molar-refractivity contribution >= 4 is 17.8 Å². The third-order valence-electron chi connectivity index (χ3n) is 14.2. The number of rotatable bonds is 20. The van der Waals surface area contributed by atoms with Gasteiger partial charge in [0.25, 0.3) is 5.79 Å². The van der Waals surface area contributed by atoms with E-state index in [0.29, 0.717) is 0 Å². The van der Waals surface area contributed by atoms with Gasteiger partial charge in [0.1, 0.15) is 134 Å². The topological polar surface area (TPSA) is 561 Å². The van der Waals surface area contributed by atoms with Crippen LogP contribution in [-0.2, 0) is 66.5 Å². The lowest BCUT2D eigenvalue weighted by Crippen LogP contribution is -2.70. The average Bonchev–Trinajstić information content (AvgIpc) is 3.46. The molecule has 6 saturated heterocycles. The highest BCUT2D eigenvalue weighted by molar-refractivity contribution is 5.76. The summed E-state index contributed by atoms with van der Waals surface area (Å²) in [6.45, 7) is -2.10. The fraction of sp³-hybridized carbons (Fsp3) is 0.930. The molecule has 0 aromatic carbocycles. The molecule has 0 unspecified atom stereocenters. The van der Waals surface area contributed by atoms with Gasteiger partial charge in [-0.2, -0.15) is 0 Å². The summed E-state index contributed by atoms with van der Waals surface area (Å²) in [7, 11) is 0. The Bertz CT molecular complexity index is 1950. The molecule has 2 amide bonds. The maximum absolute atomic E-state index is 12.8. The molecule has 0 aromatic rings. The average molecular weight is 1150 g/mol. The summed E-state index contributed by atoms with van der Waals surface area (Å²) in [5.74, 6) is -6.65. The normalized spacial score (nSPS) is 48.1. The number of hydrogen-bond donors (Lipinski definition) is 21. The molecular formula is C43H72N2O33. The molecule has 0 saturated carbocycles. The van der Waals surface area contributed by atoms with Crippen molar-refractivity contribution in [2.75, 3.05) is 33.0 Å². The molecule has 35 nitrogen and oxygen atoms in total. The van der Waals surface area contributed by atoms with E-state index in [9.17, 15) is 111 Å². The Kier molecular flexibility index (Phi) is 22.4. The van der Waals surface area contributed by atoms with Crippen LogP contribution < -0.4 is 10.6 Å². The van der Waals surface area contributed by atoms with Gasteiger partial charge in [0.2, 0.25) is 11.8 Å². The second kappa shape index (κ2) is 27.1. The minimum absolute atomic E-state index is 0.789. The highest BCUT2D eigenvalue weighted by atomic mass is 16.8. The van der Waals surface area contributed by atoms with Gasteiger partial charge in [0.05, 0.1) is 51.3 Å². The fourth-order valence-corrected chi connectivity index (χ4v) is 9.85. The molecule has 6 heterocycles. The lowest BCUT2D eigenvalue weighted by molar-refractivity contribution is -0.392. The summed E-state index contributed by atoms with van der Waals surface area (Å²) in [6.07, 6.45) is -56.0. The van der Waals surface area contributed by atoms with Crippen molar-refractivity contribution in [2.24, 2.45) is 0 Å². The molecule has 6 rings (SSSR count). The van der Waals surface area contributed by atoms with E-state index < -0.39 is 247 Å². The Morgan fingerprint density at radius 1 is 0.538 bits per heavy atom. The van der Waals surface area contributed by atoms with E-state index in [4.69, 9.17) is 52.1 Å². The molecule has 6 aliphatic rings. The number of aliphatic carboxylic acids is 1. The molecule has 0 aromatic heterocycles. The van der Waals surface area contributed by atoms with Crippen LogP contribution in [0.4, 0.5) is 0 Å². The number of hydrogen-bond acceptors (Lipinski definition) is 32. The van der Waals surface area contributed by atoms with Gasteiger partial charge >= 0.3 is 5.97 Å². The van der Waals surface area contributed by atoms with Gasteiger partial charge in [-0.3, -0.25) is 9.59 Å². The van der Waals surface area contributed by atoms with Crippen molar-refractivity contribution in [1.82, 2.24) is 10.6 Å². The second-order valence-electron chi connectivity index (χ2n) is 19.7. The van der Waals surface area contributed by atoms with Crippen LogP contribution in [0.3, 0.4) is 0 Å². The van der Waals surface area contributed by atoms with E-state index in [2.05, 4.69) is 10.6 Å².